The zero-order chi connectivity index (χ0) is 16.4. The smallest absolute Gasteiger partial charge is 0.352 e. The predicted octanol–water partition coefficient (Wildman–Crippen LogP) is 0.0427. The van der Waals surface area contributed by atoms with Gasteiger partial charge >= 0.3 is 5.97 Å². The van der Waals surface area contributed by atoms with Gasteiger partial charge in [-0.1, -0.05) is 6.92 Å². The first-order valence-electron chi connectivity index (χ1n) is 6.14. The van der Waals surface area contributed by atoms with Gasteiger partial charge in [0.25, 0.3) is 0 Å². The first-order valence-corrected chi connectivity index (χ1v) is 9.45. The second kappa shape index (κ2) is 6.16. The number of carboxylic acids is 1. The zero-order valence-electron chi connectivity index (χ0n) is 11.9. The van der Waals surface area contributed by atoms with Gasteiger partial charge in [-0.05, 0) is 13.8 Å². The minimum Gasteiger partial charge on any atom is -0.477 e. The van der Waals surface area contributed by atoms with E-state index in [1.54, 1.807) is 0 Å². The maximum Gasteiger partial charge on any atom is 0.352 e. The molecule has 1 aromatic heterocycles. The van der Waals surface area contributed by atoms with Crippen molar-refractivity contribution in [2.24, 2.45) is 0 Å². The summed E-state index contributed by atoms with van der Waals surface area (Å²) >= 11 is 0. The fourth-order valence-electron chi connectivity index (χ4n) is 1.90. The molecule has 0 saturated heterocycles. The van der Waals surface area contributed by atoms with Gasteiger partial charge in [-0.3, -0.25) is 0 Å². The third-order valence-electron chi connectivity index (χ3n) is 3.00. The van der Waals surface area contributed by atoms with Crippen molar-refractivity contribution < 1.29 is 26.7 Å². The standard InChI is InChI=1S/C11H18N2O6S2/c1-4-20(16,17)6-5-12-21(18,19)10-7(2)9(11(14)15)13-8(10)3/h12-13H,4-6H2,1-3H3,(H,14,15). The van der Waals surface area contributed by atoms with Crippen LogP contribution in [0.3, 0.4) is 0 Å². The number of aryl methyl sites for hydroxylation is 1. The molecule has 0 aliphatic carbocycles. The molecule has 0 spiro atoms. The molecule has 10 heteroatoms. The van der Waals surface area contributed by atoms with E-state index in [1.165, 1.54) is 20.8 Å². The maximum atomic E-state index is 12.2. The fraction of sp³-hybridized carbons (Fsp3) is 0.545. The van der Waals surface area contributed by atoms with E-state index in [4.69, 9.17) is 5.11 Å². The molecular formula is C11H18N2O6S2. The first-order chi connectivity index (χ1) is 9.52. The van der Waals surface area contributed by atoms with E-state index in [0.717, 1.165) is 0 Å². The second-order valence-electron chi connectivity index (χ2n) is 4.52. The van der Waals surface area contributed by atoms with Crippen molar-refractivity contribution in [2.45, 2.75) is 25.7 Å². The van der Waals surface area contributed by atoms with E-state index in [1.807, 2.05) is 0 Å². The van der Waals surface area contributed by atoms with E-state index >= 15 is 0 Å². The monoisotopic (exact) mass is 338 g/mol. The maximum absolute atomic E-state index is 12.2. The van der Waals surface area contributed by atoms with Crippen LogP contribution in [0.15, 0.2) is 4.90 Å². The molecule has 0 aliphatic heterocycles. The highest BCUT2D eigenvalue weighted by atomic mass is 32.2. The van der Waals surface area contributed by atoms with Gasteiger partial charge in [-0.15, -0.1) is 0 Å². The summed E-state index contributed by atoms with van der Waals surface area (Å²) < 4.78 is 49.2. The normalized spacial score (nSPS) is 12.5. The van der Waals surface area contributed by atoms with Gasteiger partial charge in [0.1, 0.15) is 10.6 Å². The van der Waals surface area contributed by atoms with Gasteiger partial charge in [0, 0.05) is 23.6 Å². The molecule has 1 rings (SSSR count). The molecule has 1 heterocycles. The molecule has 0 radical (unpaired) electrons. The van der Waals surface area contributed by atoms with Crippen LogP contribution in [0.25, 0.3) is 0 Å². The number of sulfonamides is 1. The van der Waals surface area contributed by atoms with Crippen LogP contribution in [-0.2, 0) is 19.9 Å². The van der Waals surface area contributed by atoms with Crippen LogP contribution >= 0.6 is 0 Å². The highest BCUT2D eigenvalue weighted by molar-refractivity contribution is 7.91. The van der Waals surface area contributed by atoms with Crippen LogP contribution in [0.1, 0.15) is 28.7 Å². The number of hydrogen-bond donors (Lipinski definition) is 3. The van der Waals surface area contributed by atoms with E-state index < -0.39 is 25.8 Å². The number of aromatic amines is 1. The Morgan fingerprint density at radius 3 is 2.24 bits per heavy atom. The Balaban J connectivity index is 3.02. The van der Waals surface area contributed by atoms with Crippen LogP contribution in [0, 0.1) is 13.8 Å². The predicted molar refractivity (Wildman–Crippen MR) is 76.7 cm³/mol. The first kappa shape index (κ1) is 17.7. The van der Waals surface area contributed by atoms with Crippen molar-refractivity contribution in [1.29, 1.82) is 0 Å². The number of aromatic carboxylic acids is 1. The summed E-state index contributed by atoms with van der Waals surface area (Å²) in [5.41, 5.74) is 0.0793. The Morgan fingerprint density at radius 1 is 1.24 bits per heavy atom. The molecular weight excluding hydrogens is 320 g/mol. The lowest BCUT2D eigenvalue weighted by Crippen LogP contribution is -2.30. The van der Waals surface area contributed by atoms with Crippen molar-refractivity contribution in [2.75, 3.05) is 18.1 Å². The number of carboxylic acid groups (broad SMARTS) is 1. The number of carbonyl (C=O) groups is 1. The van der Waals surface area contributed by atoms with Crippen LogP contribution in [-0.4, -0.2) is 50.9 Å². The largest absolute Gasteiger partial charge is 0.477 e. The van der Waals surface area contributed by atoms with Gasteiger partial charge in [-0.25, -0.2) is 26.4 Å². The van der Waals surface area contributed by atoms with Gasteiger partial charge in [-0.2, -0.15) is 0 Å². The van der Waals surface area contributed by atoms with E-state index in [9.17, 15) is 21.6 Å². The van der Waals surface area contributed by atoms with Gasteiger partial charge < -0.3 is 10.1 Å². The SMILES string of the molecule is CCS(=O)(=O)CCNS(=O)(=O)c1c(C)[nH]c(C(=O)O)c1C. The van der Waals surface area contributed by atoms with Crippen molar-refractivity contribution >= 4 is 25.8 Å². The van der Waals surface area contributed by atoms with Crippen LogP contribution in [0.4, 0.5) is 0 Å². The molecule has 3 N–H and O–H groups in total. The number of H-pyrrole nitrogens is 1. The molecule has 21 heavy (non-hydrogen) atoms. The average molecular weight is 338 g/mol. The third-order valence-corrected chi connectivity index (χ3v) is 6.44. The van der Waals surface area contributed by atoms with Crippen molar-refractivity contribution in [3.8, 4) is 0 Å². The summed E-state index contributed by atoms with van der Waals surface area (Å²) in [4.78, 5) is 13.3. The molecule has 1 aromatic rings. The number of aromatic nitrogens is 1. The molecule has 120 valence electrons. The minimum absolute atomic E-state index is 0.0693. The van der Waals surface area contributed by atoms with Crippen LogP contribution in [0.2, 0.25) is 0 Å². The average Bonchev–Trinajstić information content (AvgIpc) is 2.65. The molecule has 0 aromatic carbocycles. The zero-order valence-corrected chi connectivity index (χ0v) is 13.6. The summed E-state index contributed by atoms with van der Waals surface area (Å²) in [5.74, 6) is -1.64. The fourth-order valence-corrected chi connectivity index (χ4v) is 4.20. The van der Waals surface area contributed by atoms with Gasteiger partial charge in [0.05, 0.1) is 5.75 Å². The second-order valence-corrected chi connectivity index (χ2v) is 8.69. The van der Waals surface area contributed by atoms with E-state index in [0.29, 0.717) is 0 Å². The topological polar surface area (TPSA) is 133 Å². The molecule has 0 atom stereocenters. The third kappa shape index (κ3) is 4.05. The number of hydrogen-bond acceptors (Lipinski definition) is 5. The molecule has 0 saturated carbocycles. The van der Waals surface area contributed by atoms with Crippen molar-refractivity contribution in [1.82, 2.24) is 9.71 Å². The number of rotatable bonds is 7. The molecule has 0 bridgehead atoms. The van der Waals surface area contributed by atoms with E-state index in [-0.39, 0.29) is 39.9 Å². The molecule has 0 aliphatic rings. The summed E-state index contributed by atoms with van der Waals surface area (Å²) in [6.45, 7) is 4.04. The Hall–Kier alpha value is -1.39. The van der Waals surface area contributed by atoms with Crippen LogP contribution < -0.4 is 4.72 Å². The van der Waals surface area contributed by atoms with Crippen LogP contribution in [0.5, 0.6) is 0 Å². The lowest BCUT2D eigenvalue weighted by Gasteiger charge is -2.07. The number of sulfone groups is 1. The van der Waals surface area contributed by atoms with Crippen molar-refractivity contribution in [3.05, 3.63) is 17.0 Å². The van der Waals surface area contributed by atoms with E-state index in [2.05, 4.69) is 9.71 Å². The Bertz CT molecular complexity index is 746. The quantitative estimate of drug-likeness (QED) is 0.643. The van der Waals surface area contributed by atoms with Gasteiger partial charge in [0.15, 0.2) is 9.84 Å². The molecule has 0 amide bonds. The highest BCUT2D eigenvalue weighted by Gasteiger charge is 2.26. The van der Waals surface area contributed by atoms with Gasteiger partial charge in [0.2, 0.25) is 10.0 Å². The summed E-state index contributed by atoms with van der Waals surface area (Å²) in [7, 11) is -7.26. The summed E-state index contributed by atoms with van der Waals surface area (Å²) in [5, 5.41) is 8.96. The Kier molecular flexibility index (Phi) is 5.18. The summed E-state index contributed by atoms with van der Waals surface area (Å²) in [6.07, 6.45) is 0. The molecule has 0 fully saturated rings. The van der Waals surface area contributed by atoms with Crippen molar-refractivity contribution in [3.63, 3.8) is 0 Å². The summed E-state index contributed by atoms with van der Waals surface area (Å²) in [6, 6.07) is 0. The lowest BCUT2D eigenvalue weighted by molar-refractivity contribution is 0.0690. The lowest BCUT2D eigenvalue weighted by atomic mass is 10.2. The highest BCUT2D eigenvalue weighted by Crippen LogP contribution is 2.22. The Labute approximate surface area is 123 Å². The molecule has 8 nitrogen and oxygen atoms in total. The Morgan fingerprint density at radius 2 is 1.81 bits per heavy atom. The molecule has 0 unspecified atom stereocenters. The minimum atomic E-state index is -3.97. The number of nitrogens with one attached hydrogen (secondary N) is 2.